The number of nitrogens with one attached hydrogen (secondary N) is 1. The third-order valence-electron chi connectivity index (χ3n) is 5.15. The topological polar surface area (TPSA) is 117 Å². The van der Waals surface area contributed by atoms with Gasteiger partial charge in [-0.1, -0.05) is 0 Å². The van der Waals surface area contributed by atoms with Crippen molar-refractivity contribution in [2.75, 3.05) is 0 Å². The minimum Gasteiger partial charge on any atom is -0.344 e. The summed E-state index contributed by atoms with van der Waals surface area (Å²) < 4.78 is 40.9. The van der Waals surface area contributed by atoms with Crippen LogP contribution in [0.4, 0.5) is 13.2 Å². The van der Waals surface area contributed by atoms with Crippen molar-refractivity contribution in [1.29, 1.82) is 5.26 Å². The molecule has 1 aliphatic rings. The summed E-state index contributed by atoms with van der Waals surface area (Å²) in [6, 6.07) is 3.20. The molecule has 12 heteroatoms. The molecule has 3 aromatic heterocycles. The Labute approximate surface area is 194 Å². The van der Waals surface area contributed by atoms with E-state index in [2.05, 4.69) is 46.2 Å². The molecule has 0 aromatic carbocycles. The monoisotopic (exact) mass is 517 g/mol. The highest BCUT2D eigenvalue weighted by Gasteiger charge is 2.48. The molecular formula is C21H15BrF3N7O. The molecule has 1 saturated carbocycles. The molecule has 33 heavy (non-hydrogen) atoms. The quantitative estimate of drug-likeness (QED) is 0.539. The number of hydrogen-bond donors (Lipinski definition) is 1. The van der Waals surface area contributed by atoms with Crippen molar-refractivity contribution >= 4 is 21.8 Å². The average molecular weight is 518 g/mol. The highest BCUT2D eigenvalue weighted by atomic mass is 79.9. The van der Waals surface area contributed by atoms with Crippen molar-refractivity contribution in [3.05, 3.63) is 64.0 Å². The van der Waals surface area contributed by atoms with Crippen molar-refractivity contribution in [2.45, 2.75) is 37.4 Å². The molecular weight excluding hydrogens is 503 g/mol. The number of halogens is 4. The molecule has 1 fully saturated rings. The lowest BCUT2D eigenvalue weighted by Crippen LogP contribution is -2.29. The van der Waals surface area contributed by atoms with Gasteiger partial charge in [0, 0.05) is 30.4 Å². The van der Waals surface area contributed by atoms with Crippen LogP contribution in [-0.2, 0) is 11.6 Å². The summed E-state index contributed by atoms with van der Waals surface area (Å²) in [7, 11) is 0. The van der Waals surface area contributed by atoms with E-state index >= 15 is 0 Å². The molecule has 0 aliphatic heterocycles. The minimum atomic E-state index is -4.76. The van der Waals surface area contributed by atoms with Crippen molar-refractivity contribution in [1.82, 2.24) is 30.2 Å². The van der Waals surface area contributed by atoms with Gasteiger partial charge < -0.3 is 5.32 Å². The second-order valence-corrected chi connectivity index (χ2v) is 8.44. The maximum absolute atomic E-state index is 13.4. The summed E-state index contributed by atoms with van der Waals surface area (Å²) in [6.45, 7) is 1.62. The predicted molar refractivity (Wildman–Crippen MR) is 112 cm³/mol. The normalized spacial score (nSPS) is 15.4. The summed E-state index contributed by atoms with van der Waals surface area (Å²) in [4.78, 5) is 33.4. The Morgan fingerprint density at radius 3 is 2.45 bits per heavy atom. The number of aromatic nitrogens is 5. The predicted octanol–water partition coefficient (Wildman–Crippen LogP) is 4.16. The van der Waals surface area contributed by atoms with E-state index in [4.69, 9.17) is 0 Å². The molecule has 1 N–H and O–H groups in total. The number of rotatable bonds is 5. The zero-order chi connectivity index (χ0) is 23.8. The first-order valence-corrected chi connectivity index (χ1v) is 10.5. The first-order valence-electron chi connectivity index (χ1n) is 9.74. The van der Waals surface area contributed by atoms with E-state index < -0.39 is 29.2 Å². The van der Waals surface area contributed by atoms with Crippen molar-refractivity contribution in [3.8, 4) is 17.6 Å². The second-order valence-electron chi connectivity index (χ2n) is 7.53. The van der Waals surface area contributed by atoms with Gasteiger partial charge in [-0.05, 0) is 47.8 Å². The van der Waals surface area contributed by atoms with Crippen LogP contribution in [0.2, 0.25) is 0 Å². The lowest BCUT2D eigenvalue weighted by Gasteiger charge is -2.17. The molecule has 3 aromatic rings. The Morgan fingerprint density at radius 2 is 1.85 bits per heavy atom. The third-order valence-corrected chi connectivity index (χ3v) is 5.56. The third kappa shape index (κ3) is 4.68. The molecule has 4 rings (SSSR count). The molecule has 1 unspecified atom stereocenters. The first kappa shape index (κ1) is 22.7. The number of carbonyl (C=O) groups excluding carboxylic acids is 1. The molecule has 1 atom stereocenters. The van der Waals surface area contributed by atoms with Crippen LogP contribution in [0.25, 0.3) is 11.5 Å². The molecule has 168 valence electrons. The molecule has 0 radical (unpaired) electrons. The van der Waals surface area contributed by atoms with E-state index in [9.17, 15) is 23.2 Å². The summed E-state index contributed by atoms with van der Waals surface area (Å²) in [6.07, 6.45) is 1.96. The zero-order valence-electron chi connectivity index (χ0n) is 17.1. The summed E-state index contributed by atoms with van der Waals surface area (Å²) in [5.41, 5.74) is -1.94. The van der Waals surface area contributed by atoms with Gasteiger partial charge in [-0.25, -0.2) is 19.9 Å². The number of carbonyl (C=O) groups is 1. The first-order chi connectivity index (χ1) is 15.6. The Morgan fingerprint density at radius 1 is 1.18 bits per heavy atom. The van der Waals surface area contributed by atoms with Gasteiger partial charge in [-0.2, -0.15) is 18.4 Å². The molecule has 0 saturated heterocycles. The van der Waals surface area contributed by atoms with Crippen LogP contribution in [0.15, 0.2) is 41.4 Å². The van der Waals surface area contributed by atoms with Crippen LogP contribution < -0.4 is 5.32 Å². The number of nitriles is 1. The maximum atomic E-state index is 13.4. The van der Waals surface area contributed by atoms with Gasteiger partial charge in [0.05, 0.1) is 33.4 Å². The standard InChI is InChI=1S/C21H15BrF3N7O/c1-11(16-17(28-5-4-27-16)18-29-8-13(22)9-30-18)31-19(33)12-6-14(20(10-26)2-3-20)32-15(7-12)21(23,24)25/h4-9,11H,2-3H2,1H3,(H,31,33). The van der Waals surface area contributed by atoms with Gasteiger partial charge in [0.15, 0.2) is 5.82 Å². The smallest absolute Gasteiger partial charge is 0.344 e. The number of alkyl halides is 3. The zero-order valence-corrected chi connectivity index (χ0v) is 18.6. The van der Waals surface area contributed by atoms with Crippen LogP contribution in [-0.4, -0.2) is 30.8 Å². The van der Waals surface area contributed by atoms with E-state index in [-0.39, 0.29) is 17.1 Å². The van der Waals surface area contributed by atoms with Crippen LogP contribution in [0.3, 0.4) is 0 Å². The van der Waals surface area contributed by atoms with Gasteiger partial charge in [0.25, 0.3) is 5.91 Å². The number of pyridine rings is 1. The van der Waals surface area contributed by atoms with E-state index in [1.165, 1.54) is 30.9 Å². The maximum Gasteiger partial charge on any atom is 0.433 e. The summed E-state index contributed by atoms with van der Waals surface area (Å²) >= 11 is 3.25. The molecule has 8 nitrogen and oxygen atoms in total. The highest BCUT2D eigenvalue weighted by Crippen LogP contribution is 2.47. The van der Waals surface area contributed by atoms with Crippen molar-refractivity contribution in [2.24, 2.45) is 0 Å². The Balaban J connectivity index is 1.65. The molecule has 0 spiro atoms. The lowest BCUT2D eigenvalue weighted by molar-refractivity contribution is -0.141. The second kappa shape index (κ2) is 8.47. The van der Waals surface area contributed by atoms with Gasteiger partial charge in [-0.15, -0.1) is 0 Å². The lowest BCUT2D eigenvalue weighted by atomic mass is 10.0. The van der Waals surface area contributed by atoms with E-state index in [0.29, 0.717) is 34.8 Å². The Hall–Kier alpha value is -3.46. The molecule has 3 heterocycles. The van der Waals surface area contributed by atoms with Crippen LogP contribution in [0.5, 0.6) is 0 Å². The fourth-order valence-electron chi connectivity index (χ4n) is 3.22. The van der Waals surface area contributed by atoms with Crippen molar-refractivity contribution in [3.63, 3.8) is 0 Å². The SMILES string of the molecule is CC(NC(=O)c1cc(C(F)(F)F)nc(C2(C#N)CC2)c1)c1nccnc1-c1ncc(Br)cn1. The molecule has 1 amide bonds. The molecule has 0 bridgehead atoms. The number of amides is 1. The fraction of sp³-hybridized carbons (Fsp3) is 0.286. The van der Waals surface area contributed by atoms with Crippen LogP contribution >= 0.6 is 15.9 Å². The number of hydrogen-bond acceptors (Lipinski definition) is 7. The Bertz CT molecular complexity index is 1250. The van der Waals surface area contributed by atoms with E-state index in [1.54, 1.807) is 6.92 Å². The van der Waals surface area contributed by atoms with Gasteiger partial charge in [0.2, 0.25) is 0 Å². The van der Waals surface area contributed by atoms with Crippen LogP contribution in [0.1, 0.15) is 53.2 Å². The highest BCUT2D eigenvalue weighted by molar-refractivity contribution is 9.10. The summed E-state index contributed by atoms with van der Waals surface area (Å²) in [5, 5.41) is 12.0. The van der Waals surface area contributed by atoms with Gasteiger partial charge in [0.1, 0.15) is 11.4 Å². The number of nitrogens with zero attached hydrogens (tertiary/aromatic N) is 6. The Kier molecular flexibility index (Phi) is 5.84. The summed E-state index contributed by atoms with van der Waals surface area (Å²) in [5.74, 6) is -0.489. The largest absolute Gasteiger partial charge is 0.433 e. The van der Waals surface area contributed by atoms with Gasteiger partial charge in [-0.3, -0.25) is 9.78 Å². The van der Waals surface area contributed by atoms with E-state index in [1.807, 2.05) is 6.07 Å². The van der Waals surface area contributed by atoms with Crippen LogP contribution in [0, 0.1) is 11.3 Å². The van der Waals surface area contributed by atoms with Crippen molar-refractivity contribution < 1.29 is 18.0 Å². The minimum absolute atomic E-state index is 0.0546. The van der Waals surface area contributed by atoms with E-state index in [0.717, 1.165) is 0 Å². The molecule has 1 aliphatic carbocycles. The fourth-order valence-corrected chi connectivity index (χ4v) is 3.43. The average Bonchev–Trinajstić information content (AvgIpc) is 3.60. The van der Waals surface area contributed by atoms with Gasteiger partial charge >= 0.3 is 6.18 Å².